The van der Waals surface area contributed by atoms with Gasteiger partial charge in [-0.3, -0.25) is 9.59 Å². The van der Waals surface area contributed by atoms with Crippen LogP contribution < -0.4 is 14.8 Å². The van der Waals surface area contributed by atoms with E-state index in [1.54, 1.807) is 25.1 Å². The quantitative estimate of drug-likeness (QED) is 0.476. The van der Waals surface area contributed by atoms with E-state index >= 15 is 0 Å². The molecule has 1 heterocycles. The average molecular weight is 432 g/mol. The van der Waals surface area contributed by atoms with Crippen molar-refractivity contribution in [1.82, 2.24) is 0 Å². The molecule has 30 heavy (non-hydrogen) atoms. The highest BCUT2D eigenvalue weighted by atomic mass is 32.1. The Hall–Kier alpha value is -2.87. The van der Waals surface area contributed by atoms with Crippen molar-refractivity contribution in [3.05, 3.63) is 39.8 Å². The van der Waals surface area contributed by atoms with Crippen molar-refractivity contribution in [2.24, 2.45) is 0 Å². The van der Waals surface area contributed by atoms with Crippen molar-refractivity contribution in [3.8, 4) is 11.5 Å². The minimum atomic E-state index is -0.406. The zero-order valence-electron chi connectivity index (χ0n) is 17.1. The highest BCUT2D eigenvalue weighted by Crippen LogP contribution is 2.38. The van der Waals surface area contributed by atoms with Crippen molar-refractivity contribution >= 4 is 34.5 Å². The fourth-order valence-corrected chi connectivity index (χ4v) is 4.66. The summed E-state index contributed by atoms with van der Waals surface area (Å²) in [4.78, 5) is 37.1. The summed E-state index contributed by atoms with van der Waals surface area (Å²) in [7, 11) is 0. The summed E-state index contributed by atoms with van der Waals surface area (Å²) in [5, 5.41) is 3.32. The minimum Gasteiger partial charge on any atom is -0.490 e. The van der Waals surface area contributed by atoms with Gasteiger partial charge < -0.3 is 19.5 Å². The van der Waals surface area contributed by atoms with Gasteiger partial charge in [0.25, 0.3) is 5.91 Å². The maximum absolute atomic E-state index is 12.5. The van der Waals surface area contributed by atoms with Gasteiger partial charge >= 0.3 is 5.97 Å². The van der Waals surface area contributed by atoms with Crippen LogP contribution in [0.25, 0.3) is 0 Å². The number of anilines is 1. The first kappa shape index (κ1) is 21.8. The van der Waals surface area contributed by atoms with Gasteiger partial charge in [0.05, 0.1) is 18.8 Å². The number of carbonyl (C=O) groups excluding carboxylic acids is 3. The highest BCUT2D eigenvalue weighted by Gasteiger charge is 2.27. The van der Waals surface area contributed by atoms with Crippen LogP contribution >= 0.6 is 11.3 Å². The molecule has 3 rings (SSSR count). The number of hydrogen-bond donors (Lipinski definition) is 1. The lowest BCUT2D eigenvalue weighted by atomic mass is 9.95. The van der Waals surface area contributed by atoms with E-state index in [1.165, 1.54) is 11.3 Å². The van der Waals surface area contributed by atoms with Crippen LogP contribution in [-0.2, 0) is 22.4 Å². The van der Waals surface area contributed by atoms with Crippen LogP contribution in [0.5, 0.6) is 11.5 Å². The van der Waals surface area contributed by atoms with Crippen molar-refractivity contribution < 1.29 is 28.6 Å². The maximum Gasteiger partial charge on any atom is 0.341 e. The van der Waals surface area contributed by atoms with Gasteiger partial charge in [-0.1, -0.05) is 0 Å². The number of ether oxygens (including phenoxy) is 3. The number of nitrogens with one attached hydrogen (secondary N) is 1. The fourth-order valence-electron chi connectivity index (χ4n) is 3.36. The second-order valence-electron chi connectivity index (χ2n) is 6.73. The van der Waals surface area contributed by atoms with E-state index in [0.717, 1.165) is 36.1 Å². The predicted molar refractivity (Wildman–Crippen MR) is 114 cm³/mol. The molecule has 0 bridgehead atoms. The number of aryl methyl sites for hydroxylation is 1. The van der Waals surface area contributed by atoms with Gasteiger partial charge in [-0.2, -0.15) is 0 Å². The fraction of sp³-hybridized carbons (Fsp3) is 0.409. The molecule has 0 saturated carbocycles. The van der Waals surface area contributed by atoms with E-state index in [4.69, 9.17) is 14.2 Å². The van der Waals surface area contributed by atoms with Crippen LogP contribution in [0.4, 0.5) is 5.00 Å². The summed E-state index contributed by atoms with van der Waals surface area (Å²) >= 11 is 1.43. The molecule has 1 aromatic heterocycles. The number of thiophene rings is 1. The van der Waals surface area contributed by atoms with Crippen molar-refractivity contribution in [3.63, 3.8) is 0 Å². The zero-order chi connectivity index (χ0) is 21.5. The second-order valence-corrected chi connectivity index (χ2v) is 7.83. The Balaban J connectivity index is 1.73. The molecule has 0 fully saturated rings. The van der Waals surface area contributed by atoms with E-state index in [1.807, 2.05) is 6.92 Å². The average Bonchev–Trinajstić information content (AvgIpc) is 3.11. The molecule has 160 valence electrons. The summed E-state index contributed by atoms with van der Waals surface area (Å²) in [5.41, 5.74) is 1.91. The summed E-state index contributed by atoms with van der Waals surface area (Å²) in [5.74, 6) is -0.0281. The molecule has 0 unspecified atom stereocenters. The molecule has 1 amide bonds. The molecule has 1 aliphatic rings. The third kappa shape index (κ3) is 4.99. The van der Waals surface area contributed by atoms with E-state index in [0.29, 0.717) is 40.5 Å². The molecule has 0 atom stereocenters. The highest BCUT2D eigenvalue weighted by molar-refractivity contribution is 7.17. The smallest absolute Gasteiger partial charge is 0.341 e. The lowest BCUT2D eigenvalue weighted by Gasteiger charge is -2.13. The SMILES string of the molecule is CCOC(=O)c1c(NC(=O)COc2ccc(C=O)cc2OCC)sc2c1CCCC2. The topological polar surface area (TPSA) is 90.9 Å². The number of fused-ring (bicyclic) bond motifs is 1. The Bertz CT molecular complexity index is 936. The Morgan fingerprint density at radius 3 is 2.63 bits per heavy atom. The monoisotopic (exact) mass is 431 g/mol. The van der Waals surface area contributed by atoms with Crippen LogP contribution in [0.3, 0.4) is 0 Å². The number of hydrogen-bond acceptors (Lipinski definition) is 7. The van der Waals surface area contributed by atoms with Crippen LogP contribution in [0, 0.1) is 0 Å². The molecular formula is C22H25NO6S. The Morgan fingerprint density at radius 1 is 1.10 bits per heavy atom. The van der Waals surface area contributed by atoms with Gasteiger partial charge in [-0.05, 0) is 63.3 Å². The van der Waals surface area contributed by atoms with E-state index in [9.17, 15) is 14.4 Å². The van der Waals surface area contributed by atoms with Gasteiger partial charge in [0.15, 0.2) is 18.1 Å². The van der Waals surface area contributed by atoms with Gasteiger partial charge in [0.1, 0.15) is 11.3 Å². The predicted octanol–water partition coefficient (Wildman–Crippen LogP) is 4.03. The molecule has 7 nitrogen and oxygen atoms in total. The summed E-state index contributed by atoms with van der Waals surface area (Å²) < 4.78 is 16.3. The molecule has 0 aliphatic heterocycles. The molecular weight excluding hydrogens is 406 g/mol. The van der Waals surface area contributed by atoms with Crippen LogP contribution in [-0.4, -0.2) is 38.0 Å². The van der Waals surface area contributed by atoms with Gasteiger partial charge in [-0.25, -0.2) is 4.79 Å². The maximum atomic E-state index is 12.5. The third-order valence-electron chi connectivity index (χ3n) is 4.67. The van der Waals surface area contributed by atoms with Gasteiger partial charge in [0, 0.05) is 10.4 Å². The Kier molecular flexibility index (Phi) is 7.46. The first-order chi connectivity index (χ1) is 14.6. The summed E-state index contributed by atoms with van der Waals surface area (Å²) in [6, 6.07) is 4.75. The molecule has 1 aromatic carbocycles. The molecule has 8 heteroatoms. The number of benzene rings is 1. The van der Waals surface area contributed by atoms with Gasteiger partial charge in [-0.15, -0.1) is 11.3 Å². The lowest BCUT2D eigenvalue weighted by Crippen LogP contribution is -2.21. The number of rotatable bonds is 9. The minimum absolute atomic E-state index is 0.259. The third-order valence-corrected chi connectivity index (χ3v) is 5.87. The van der Waals surface area contributed by atoms with Crippen molar-refractivity contribution in [1.29, 1.82) is 0 Å². The first-order valence-corrected chi connectivity index (χ1v) is 10.8. The number of carbonyl (C=O) groups is 3. The molecule has 1 aliphatic carbocycles. The van der Waals surface area contributed by atoms with Gasteiger partial charge in [0.2, 0.25) is 0 Å². The van der Waals surface area contributed by atoms with E-state index in [2.05, 4.69) is 5.32 Å². The number of amides is 1. The summed E-state index contributed by atoms with van der Waals surface area (Å²) in [6.45, 7) is 3.99. The largest absolute Gasteiger partial charge is 0.490 e. The second kappa shape index (κ2) is 10.2. The first-order valence-electron chi connectivity index (χ1n) is 10.0. The van der Waals surface area contributed by atoms with E-state index < -0.39 is 5.97 Å². The lowest BCUT2D eigenvalue weighted by molar-refractivity contribution is -0.118. The standard InChI is InChI=1S/C22H25NO6S/c1-3-27-17-11-14(12-24)9-10-16(17)29-13-19(25)23-21-20(22(26)28-4-2)15-7-5-6-8-18(15)30-21/h9-12H,3-8,13H2,1-2H3,(H,23,25). The normalized spacial score (nSPS) is 12.6. The van der Waals surface area contributed by atoms with Crippen LogP contribution in [0.1, 0.15) is 57.8 Å². The van der Waals surface area contributed by atoms with E-state index in [-0.39, 0.29) is 19.1 Å². The molecule has 0 radical (unpaired) electrons. The number of esters is 1. The Labute approximate surface area is 179 Å². The molecule has 1 N–H and O–H groups in total. The zero-order valence-corrected chi connectivity index (χ0v) is 17.9. The number of aldehydes is 1. The van der Waals surface area contributed by atoms with Crippen LogP contribution in [0.15, 0.2) is 18.2 Å². The molecule has 0 spiro atoms. The van der Waals surface area contributed by atoms with Crippen molar-refractivity contribution in [2.45, 2.75) is 39.5 Å². The molecule has 0 saturated heterocycles. The molecule has 2 aromatic rings. The van der Waals surface area contributed by atoms with Crippen molar-refractivity contribution in [2.75, 3.05) is 25.1 Å². The summed E-state index contributed by atoms with van der Waals surface area (Å²) in [6.07, 6.45) is 4.52. The Morgan fingerprint density at radius 2 is 1.90 bits per heavy atom. The van der Waals surface area contributed by atoms with Crippen LogP contribution in [0.2, 0.25) is 0 Å².